The summed E-state index contributed by atoms with van der Waals surface area (Å²) >= 11 is 8.58. The molecular formula is C29H23ClFN3O4S2. The van der Waals surface area contributed by atoms with E-state index in [9.17, 15) is 19.1 Å². The molecule has 0 bridgehead atoms. The van der Waals surface area contributed by atoms with Crippen molar-refractivity contribution in [2.75, 3.05) is 11.5 Å². The molecule has 0 aliphatic carbocycles. The highest BCUT2D eigenvalue weighted by molar-refractivity contribution is 8.00. The number of carbonyl (C=O) groups is 2. The third-order valence-corrected chi connectivity index (χ3v) is 8.47. The van der Waals surface area contributed by atoms with Gasteiger partial charge in [-0.2, -0.15) is 0 Å². The Morgan fingerprint density at radius 1 is 1.10 bits per heavy atom. The SMILES string of the molecule is CCCOc1cccc(C2/C(=C(\O)c3ccc(F)cc3)C(=O)C(=O)N2c2nnc(SCc3ccc(Cl)cc3)s2)c1. The van der Waals surface area contributed by atoms with Crippen LogP contribution in [0.2, 0.25) is 5.02 Å². The monoisotopic (exact) mass is 595 g/mol. The fraction of sp³-hybridized carbons (Fsp3) is 0.172. The number of aromatic nitrogens is 2. The number of ketones is 1. The van der Waals surface area contributed by atoms with Crippen LogP contribution in [0.3, 0.4) is 0 Å². The van der Waals surface area contributed by atoms with Crippen LogP contribution in [0.15, 0.2) is 82.7 Å². The van der Waals surface area contributed by atoms with Crippen molar-refractivity contribution in [3.63, 3.8) is 0 Å². The highest BCUT2D eigenvalue weighted by Crippen LogP contribution is 2.44. The Kier molecular flexibility index (Phi) is 8.49. The quantitative estimate of drug-likeness (QED) is 0.0729. The molecule has 1 amide bonds. The number of halogens is 2. The number of thioether (sulfide) groups is 1. The smallest absolute Gasteiger partial charge is 0.301 e. The van der Waals surface area contributed by atoms with Gasteiger partial charge in [0.1, 0.15) is 17.3 Å². The second-order valence-electron chi connectivity index (χ2n) is 8.86. The van der Waals surface area contributed by atoms with Crippen LogP contribution < -0.4 is 9.64 Å². The summed E-state index contributed by atoms with van der Waals surface area (Å²) in [5.41, 5.74) is 1.66. The van der Waals surface area contributed by atoms with Gasteiger partial charge >= 0.3 is 5.91 Å². The fourth-order valence-electron chi connectivity index (χ4n) is 4.19. The van der Waals surface area contributed by atoms with Crippen molar-refractivity contribution in [1.29, 1.82) is 0 Å². The highest BCUT2D eigenvalue weighted by atomic mass is 35.5. The third kappa shape index (κ3) is 5.89. The van der Waals surface area contributed by atoms with Crippen molar-refractivity contribution >= 4 is 57.3 Å². The van der Waals surface area contributed by atoms with Gasteiger partial charge in [0.2, 0.25) is 5.13 Å². The van der Waals surface area contributed by atoms with Crippen molar-refractivity contribution in [2.24, 2.45) is 0 Å². The lowest BCUT2D eigenvalue weighted by Gasteiger charge is -2.23. The lowest BCUT2D eigenvalue weighted by atomic mass is 9.95. The van der Waals surface area contributed by atoms with Gasteiger partial charge < -0.3 is 9.84 Å². The summed E-state index contributed by atoms with van der Waals surface area (Å²) in [5.74, 6) is -1.46. The van der Waals surface area contributed by atoms with Crippen LogP contribution in [0.5, 0.6) is 5.75 Å². The zero-order valence-electron chi connectivity index (χ0n) is 21.2. The first-order valence-electron chi connectivity index (χ1n) is 12.4. The predicted molar refractivity (Wildman–Crippen MR) is 154 cm³/mol. The molecule has 0 radical (unpaired) electrons. The molecule has 4 aromatic rings. The van der Waals surface area contributed by atoms with Gasteiger partial charge in [0.05, 0.1) is 18.2 Å². The van der Waals surface area contributed by atoms with E-state index < -0.39 is 29.3 Å². The van der Waals surface area contributed by atoms with E-state index in [0.717, 1.165) is 12.0 Å². The Bertz CT molecular complexity index is 1570. The molecular weight excluding hydrogens is 573 g/mol. The highest BCUT2D eigenvalue weighted by Gasteiger charge is 2.48. The second kappa shape index (κ2) is 12.2. The molecule has 1 N–H and O–H groups in total. The van der Waals surface area contributed by atoms with E-state index in [-0.39, 0.29) is 16.3 Å². The topological polar surface area (TPSA) is 92.6 Å². The van der Waals surface area contributed by atoms with Crippen molar-refractivity contribution in [1.82, 2.24) is 10.2 Å². The van der Waals surface area contributed by atoms with E-state index in [0.29, 0.717) is 33.0 Å². The maximum atomic E-state index is 13.6. The van der Waals surface area contributed by atoms with E-state index in [4.69, 9.17) is 16.3 Å². The number of nitrogens with zero attached hydrogens (tertiary/aromatic N) is 3. The number of rotatable bonds is 9. The Balaban J connectivity index is 1.54. The molecule has 1 aromatic heterocycles. The molecule has 1 unspecified atom stereocenters. The normalized spacial score (nSPS) is 16.5. The summed E-state index contributed by atoms with van der Waals surface area (Å²) in [5, 5.41) is 20.5. The summed E-state index contributed by atoms with van der Waals surface area (Å²) in [7, 11) is 0. The Morgan fingerprint density at radius 2 is 1.85 bits per heavy atom. The number of hydrogen-bond acceptors (Lipinski definition) is 8. The van der Waals surface area contributed by atoms with Crippen molar-refractivity contribution in [2.45, 2.75) is 29.5 Å². The zero-order valence-corrected chi connectivity index (χ0v) is 23.6. The number of anilines is 1. The number of hydrogen-bond donors (Lipinski definition) is 1. The molecule has 11 heteroatoms. The Morgan fingerprint density at radius 3 is 2.58 bits per heavy atom. The van der Waals surface area contributed by atoms with Crippen LogP contribution >= 0.6 is 34.7 Å². The zero-order chi connectivity index (χ0) is 28.2. The molecule has 1 saturated heterocycles. The first-order chi connectivity index (χ1) is 19.4. The number of amides is 1. The predicted octanol–water partition coefficient (Wildman–Crippen LogP) is 7.04. The van der Waals surface area contributed by atoms with Crippen LogP contribution in [0.1, 0.15) is 36.1 Å². The number of ether oxygens (including phenoxy) is 1. The standard InChI is InChI=1S/C29H23ClFN3O4S2/c1-2-14-38-22-5-3-4-19(15-22)24-23(25(35)18-8-12-21(31)13-9-18)26(36)27(37)34(24)28-32-33-29(40-28)39-16-17-6-10-20(30)11-7-17/h3-13,15,24,35H,2,14,16H2,1H3/b25-23+. The lowest BCUT2D eigenvalue weighted by molar-refractivity contribution is -0.132. The summed E-state index contributed by atoms with van der Waals surface area (Å²) in [4.78, 5) is 28.1. The number of benzene rings is 3. The average Bonchev–Trinajstić information content (AvgIpc) is 3.53. The number of Topliss-reactive ketones (excluding diaryl/α,β-unsaturated/α-hetero) is 1. The van der Waals surface area contributed by atoms with E-state index in [1.54, 1.807) is 24.3 Å². The maximum Gasteiger partial charge on any atom is 0.301 e. The lowest BCUT2D eigenvalue weighted by Crippen LogP contribution is -2.29. The molecule has 2 heterocycles. The van der Waals surface area contributed by atoms with E-state index in [1.807, 2.05) is 31.2 Å². The van der Waals surface area contributed by atoms with Gasteiger partial charge in [-0.25, -0.2) is 4.39 Å². The van der Waals surface area contributed by atoms with Gasteiger partial charge in [0.25, 0.3) is 5.78 Å². The molecule has 0 spiro atoms. The van der Waals surface area contributed by atoms with Gasteiger partial charge in [-0.15, -0.1) is 10.2 Å². The number of aliphatic hydroxyl groups is 1. The molecule has 0 saturated carbocycles. The van der Waals surface area contributed by atoms with Gasteiger partial charge in [-0.05, 0) is 66.1 Å². The number of carbonyl (C=O) groups excluding carboxylic acids is 2. The number of aliphatic hydroxyl groups excluding tert-OH is 1. The van der Waals surface area contributed by atoms with Gasteiger partial charge in [0.15, 0.2) is 4.34 Å². The molecule has 1 fully saturated rings. The molecule has 204 valence electrons. The molecule has 40 heavy (non-hydrogen) atoms. The van der Waals surface area contributed by atoms with Crippen molar-refractivity contribution in [3.8, 4) is 5.75 Å². The summed E-state index contributed by atoms with van der Waals surface area (Å²) in [6, 6.07) is 18.5. The minimum Gasteiger partial charge on any atom is -0.507 e. The van der Waals surface area contributed by atoms with Crippen molar-refractivity contribution < 1.29 is 23.8 Å². The van der Waals surface area contributed by atoms with Crippen LogP contribution in [-0.4, -0.2) is 33.6 Å². The molecule has 1 aliphatic rings. The van der Waals surface area contributed by atoms with E-state index in [1.165, 1.54) is 52.3 Å². The van der Waals surface area contributed by atoms with E-state index >= 15 is 0 Å². The van der Waals surface area contributed by atoms with Crippen LogP contribution in [-0.2, 0) is 15.3 Å². The third-order valence-electron chi connectivity index (χ3n) is 6.09. The van der Waals surface area contributed by atoms with Crippen molar-refractivity contribution in [3.05, 3.63) is 106 Å². The first kappa shape index (κ1) is 27.8. The first-order valence-corrected chi connectivity index (χ1v) is 14.5. The van der Waals surface area contributed by atoms with Gasteiger partial charge in [0, 0.05) is 16.3 Å². The summed E-state index contributed by atoms with van der Waals surface area (Å²) in [6.07, 6.45) is 0.800. The minimum atomic E-state index is -1.00. The maximum absolute atomic E-state index is 13.6. The molecule has 3 aromatic carbocycles. The van der Waals surface area contributed by atoms with Gasteiger partial charge in [-0.1, -0.05) is 65.9 Å². The minimum absolute atomic E-state index is 0.130. The summed E-state index contributed by atoms with van der Waals surface area (Å²) < 4.78 is 20.0. The fourth-order valence-corrected chi connectivity index (χ4v) is 6.14. The molecule has 5 rings (SSSR count). The largest absolute Gasteiger partial charge is 0.507 e. The molecule has 1 aliphatic heterocycles. The van der Waals surface area contributed by atoms with Crippen LogP contribution in [0.4, 0.5) is 9.52 Å². The molecule has 1 atom stereocenters. The van der Waals surface area contributed by atoms with Crippen LogP contribution in [0, 0.1) is 5.82 Å². The van der Waals surface area contributed by atoms with Crippen LogP contribution in [0.25, 0.3) is 5.76 Å². The average molecular weight is 596 g/mol. The summed E-state index contributed by atoms with van der Waals surface area (Å²) in [6.45, 7) is 2.48. The van der Waals surface area contributed by atoms with E-state index in [2.05, 4.69) is 10.2 Å². The Hall–Kier alpha value is -3.73. The Labute approximate surface area is 243 Å². The second-order valence-corrected chi connectivity index (χ2v) is 11.5. The molecule has 7 nitrogen and oxygen atoms in total. The van der Waals surface area contributed by atoms with Gasteiger partial charge in [-0.3, -0.25) is 14.5 Å².